The van der Waals surface area contributed by atoms with E-state index in [2.05, 4.69) is 15.5 Å². The van der Waals surface area contributed by atoms with Crippen molar-refractivity contribution in [2.24, 2.45) is 5.92 Å². The summed E-state index contributed by atoms with van der Waals surface area (Å²) in [6.45, 7) is 0.651. The molecule has 5 rings (SSSR count). The van der Waals surface area contributed by atoms with Gasteiger partial charge in [-0.2, -0.15) is 4.31 Å². The van der Waals surface area contributed by atoms with Crippen molar-refractivity contribution in [1.82, 2.24) is 14.5 Å². The van der Waals surface area contributed by atoms with Gasteiger partial charge in [0.15, 0.2) is 11.5 Å². The number of aromatic nitrogens is 2. The van der Waals surface area contributed by atoms with Crippen LogP contribution in [-0.4, -0.2) is 48.7 Å². The van der Waals surface area contributed by atoms with Gasteiger partial charge in [-0.1, -0.05) is 11.2 Å². The van der Waals surface area contributed by atoms with Gasteiger partial charge in [0.1, 0.15) is 4.21 Å². The summed E-state index contributed by atoms with van der Waals surface area (Å²) in [6, 6.07) is 8.43. The summed E-state index contributed by atoms with van der Waals surface area (Å²) in [4.78, 5) is 12.7. The van der Waals surface area contributed by atoms with Crippen molar-refractivity contribution >= 4 is 33.3 Å². The third-order valence-corrected chi connectivity index (χ3v) is 8.36. The highest BCUT2D eigenvalue weighted by atomic mass is 32.2. The van der Waals surface area contributed by atoms with Gasteiger partial charge >= 0.3 is 6.01 Å². The number of anilines is 1. The van der Waals surface area contributed by atoms with Crippen LogP contribution in [0.5, 0.6) is 11.5 Å². The van der Waals surface area contributed by atoms with Crippen molar-refractivity contribution in [1.29, 1.82) is 0 Å². The molecule has 1 N–H and O–H groups in total. The van der Waals surface area contributed by atoms with Crippen LogP contribution in [0.3, 0.4) is 0 Å². The number of rotatable bonds is 5. The molecule has 1 amide bonds. The number of carbonyl (C=O) groups excluding carboxylic acids is 1. The lowest BCUT2D eigenvalue weighted by atomic mass is 9.99. The number of nitrogens with zero attached hydrogens (tertiary/aromatic N) is 3. The van der Waals surface area contributed by atoms with E-state index < -0.39 is 15.9 Å². The van der Waals surface area contributed by atoms with E-state index in [1.165, 1.54) is 4.31 Å². The average molecular weight is 463 g/mol. The summed E-state index contributed by atoms with van der Waals surface area (Å²) in [5, 5.41) is 12.2. The Morgan fingerprint density at radius 2 is 2.06 bits per heavy atom. The number of benzene rings is 1. The van der Waals surface area contributed by atoms with Gasteiger partial charge < -0.3 is 13.9 Å². The van der Waals surface area contributed by atoms with Crippen molar-refractivity contribution < 1.29 is 27.1 Å². The maximum absolute atomic E-state index is 12.8. The van der Waals surface area contributed by atoms with E-state index in [1.807, 2.05) is 0 Å². The predicted molar refractivity (Wildman–Crippen MR) is 110 cm³/mol. The summed E-state index contributed by atoms with van der Waals surface area (Å²) < 4.78 is 43.3. The smallest absolute Gasteiger partial charge is 0.322 e. The Balaban J connectivity index is 1.26. The standard InChI is InChI=1S/C19H18N4O6S2/c24-17(13-3-1-7-23(10-13)31(25,26)16-4-2-8-30-16)20-19-22-21-18(29-19)12-5-6-14-15(9-12)28-11-27-14/h2,4-6,8-9,13H,1,3,7,10-11H2,(H,20,22,24). The summed E-state index contributed by atoms with van der Waals surface area (Å²) in [5.74, 6) is 0.571. The highest BCUT2D eigenvalue weighted by molar-refractivity contribution is 7.91. The maximum Gasteiger partial charge on any atom is 0.322 e. The Bertz CT molecular complexity index is 1210. The number of thiophene rings is 1. The summed E-state index contributed by atoms with van der Waals surface area (Å²) in [7, 11) is -3.60. The van der Waals surface area contributed by atoms with Crippen LogP contribution < -0.4 is 14.8 Å². The molecule has 1 fully saturated rings. The van der Waals surface area contributed by atoms with Crippen LogP contribution in [0.2, 0.25) is 0 Å². The normalized spacial score (nSPS) is 18.8. The lowest BCUT2D eigenvalue weighted by Crippen LogP contribution is -2.43. The molecule has 0 bridgehead atoms. The van der Waals surface area contributed by atoms with Gasteiger partial charge in [-0.25, -0.2) is 8.42 Å². The SMILES string of the molecule is O=C(Nc1nnc(-c2ccc3c(c2)OCO3)o1)C1CCCN(S(=O)(=O)c2cccs2)C1. The fourth-order valence-electron chi connectivity index (χ4n) is 3.54. The number of sulfonamides is 1. The third kappa shape index (κ3) is 3.89. The van der Waals surface area contributed by atoms with Crippen molar-refractivity contribution in [2.75, 3.05) is 25.2 Å². The van der Waals surface area contributed by atoms with Crippen molar-refractivity contribution in [3.05, 3.63) is 35.7 Å². The summed E-state index contributed by atoms with van der Waals surface area (Å²) >= 11 is 1.16. The van der Waals surface area contributed by atoms with Crippen molar-refractivity contribution in [3.63, 3.8) is 0 Å². The van der Waals surface area contributed by atoms with Gasteiger partial charge in [-0.3, -0.25) is 10.1 Å². The summed E-state index contributed by atoms with van der Waals surface area (Å²) in [5.41, 5.74) is 0.628. The molecule has 1 saturated heterocycles. The second-order valence-electron chi connectivity index (χ2n) is 7.10. The van der Waals surface area contributed by atoms with Crippen LogP contribution in [0, 0.1) is 5.92 Å². The number of carbonyl (C=O) groups is 1. The number of piperidine rings is 1. The highest BCUT2D eigenvalue weighted by Gasteiger charge is 2.34. The predicted octanol–water partition coefficient (Wildman–Crippen LogP) is 2.57. The first-order valence-electron chi connectivity index (χ1n) is 9.59. The van der Waals surface area contributed by atoms with Crippen LogP contribution in [-0.2, 0) is 14.8 Å². The fourth-order valence-corrected chi connectivity index (χ4v) is 6.21. The molecular weight excluding hydrogens is 444 g/mol. The molecule has 1 atom stereocenters. The molecule has 1 unspecified atom stereocenters. The van der Waals surface area contributed by atoms with E-state index in [-0.39, 0.29) is 35.4 Å². The van der Waals surface area contributed by atoms with E-state index in [1.54, 1.807) is 35.7 Å². The zero-order chi connectivity index (χ0) is 21.4. The molecule has 0 aliphatic carbocycles. The molecule has 2 aliphatic heterocycles. The first-order valence-corrected chi connectivity index (χ1v) is 11.9. The largest absolute Gasteiger partial charge is 0.454 e. The topological polar surface area (TPSA) is 124 Å². The molecule has 3 aromatic rings. The van der Waals surface area contributed by atoms with Crippen molar-refractivity contribution in [3.8, 4) is 23.0 Å². The Hall–Kier alpha value is -2.96. The van der Waals surface area contributed by atoms with E-state index >= 15 is 0 Å². The minimum Gasteiger partial charge on any atom is -0.454 e. The lowest BCUT2D eigenvalue weighted by molar-refractivity contribution is -0.121. The monoisotopic (exact) mass is 462 g/mol. The average Bonchev–Trinajstić information content (AvgIpc) is 3.54. The molecule has 0 spiro atoms. The molecule has 4 heterocycles. The molecule has 0 radical (unpaired) electrons. The molecule has 2 aliphatic rings. The zero-order valence-corrected chi connectivity index (χ0v) is 17.8. The molecular formula is C19H18N4O6S2. The molecule has 2 aromatic heterocycles. The number of hydrogen-bond acceptors (Lipinski definition) is 9. The van der Waals surface area contributed by atoms with Crippen LogP contribution in [0.25, 0.3) is 11.5 Å². The minimum atomic E-state index is -3.60. The van der Waals surface area contributed by atoms with Crippen LogP contribution in [0.15, 0.2) is 44.3 Å². The third-order valence-electron chi connectivity index (χ3n) is 5.12. The zero-order valence-electron chi connectivity index (χ0n) is 16.2. The Morgan fingerprint density at radius 3 is 2.90 bits per heavy atom. The van der Waals surface area contributed by atoms with Gasteiger partial charge in [0.2, 0.25) is 18.6 Å². The molecule has 0 saturated carbocycles. The molecule has 12 heteroatoms. The number of fused-ring (bicyclic) bond motifs is 1. The van der Waals surface area contributed by atoms with Gasteiger partial charge in [0, 0.05) is 18.7 Å². The van der Waals surface area contributed by atoms with E-state index in [4.69, 9.17) is 13.9 Å². The quantitative estimate of drug-likeness (QED) is 0.614. The molecule has 162 valence electrons. The molecule has 10 nitrogen and oxygen atoms in total. The van der Waals surface area contributed by atoms with Gasteiger partial charge in [0.25, 0.3) is 10.0 Å². The molecule has 31 heavy (non-hydrogen) atoms. The van der Waals surface area contributed by atoms with E-state index in [0.717, 1.165) is 11.3 Å². The van der Waals surface area contributed by atoms with E-state index in [9.17, 15) is 13.2 Å². The van der Waals surface area contributed by atoms with Crippen LogP contribution in [0.4, 0.5) is 6.01 Å². The first kappa shape index (κ1) is 20.0. The Labute approximate surface area is 181 Å². The highest BCUT2D eigenvalue weighted by Crippen LogP contribution is 2.36. The van der Waals surface area contributed by atoms with Gasteiger partial charge in [-0.05, 0) is 42.5 Å². The number of amides is 1. The first-order chi connectivity index (χ1) is 15.0. The summed E-state index contributed by atoms with van der Waals surface area (Å²) in [6.07, 6.45) is 1.17. The van der Waals surface area contributed by atoms with Crippen molar-refractivity contribution in [2.45, 2.75) is 17.1 Å². The Morgan fingerprint density at radius 1 is 1.19 bits per heavy atom. The van der Waals surface area contributed by atoms with Crippen LogP contribution >= 0.6 is 11.3 Å². The molecule has 1 aromatic carbocycles. The maximum atomic E-state index is 12.8. The number of ether oxygens (including phenoxy) is 2. The van der Waals surface area contributed by atoms with Gasteiger partial charge in [0.05, 0.1) is 5.92 Å². The second-order valence-corrected chi connectivity index (χ2v) is 10.2. The second kappa shape index (κ2) is 7.94. The Kier molecular flexibility index (Phi) is 5.12. The van der Waals surface area contributed by atoms with Gasteiger partial charge in [-0.15, -0.1) is 16.4 Å². The fraction of sp³-hybridized carbons (Fsp3) is 0.316. The minimum absolute atomic E-state index is 0.0455. The van der Waals surface area contributed by atoms with E-state index in [0.29, 0.717) is 36.4 Å². The number of nitrogens with one attached hydrogen (secondary N) is 1. The number of hydrogen-bond donors (Lipinski definition) is 1. The lowest BCUT2D eigenvalue weighted by Gasteiger charge is -2.30. The van der Waals surface area contributed by atoms with Crippen LogP contribution in [0.1, 0.15) is 12.8 Å².